The zero-order valence-corrected chi connectivity index (χ0v) is 12.5. The molecule has 17 heavy (non-hydrogen) atoms. The van der Waals surface area contributed by atoms with E-state index < -0.39 is 0 Å². The summed E-state index contributed by atoms with van der Waals surface area (Å²) in [6.45, 7) is 10.4. The van der Waals surface area contributed by atoms with Gasteiger partial charge in [0, 0.05) is 24.5 Å². The molecule has 0 aromatic carbocycles. The van der Waals surface area contributed by atoms with E-state index in [-0.39, 0.29) is 0 Å². The second-order valence-corrected chi connectivity index (χ2v) is 6.99. The summed E-state index contributed by atoms with van der Waals surface area (Å²) in [6.07, 6.45) is 1.11. The molecule has 1 atom stereocenters. The molecule has 0 saturated heterocycles. The number of nitrogens with two attached hydrogens (primary N) is 1. The Labute approximate surface area is 109 Å². The number of rotatable bonds is 5. The van der Waals surface area contributed by atoms with Crippen LogP contribution in [0.4, 0.5) is 0 Å². The highest BCUT2D eigenvalue weighted by molar-refractivity contribution is 7.09. The van der Waals surface area contributed by atoms with Crippen molar-refractivity contribution in [1.29, 1.82) is 0 Å². The minimum atomic E-state index is 0.316. The number of hydrogen-bond donors (Lipinski definition) is 1. The normalized spacial score (nSPS) is 14.3. The van der Waals surface area contributed by atoms with Crippen molar-refractivity contribution in [2.45, 2.75) is 46.7 Å². The molecule has 0 aliphatic heterocycles. The third kappa shape index (κ3) is 5.15. The first-order valence-corrected chi connectivity index (χ1v) is 7.01. The zero-order chi connectivity index (χ0) is 13.1. The van der Waals surface area contributed by atoms with Crippen molar-refractivity contribution in [3.63, 3.8) is 0 Å². The van der Waals surface area contributed by atoms with Gasteiger partial charge in [0.1, 0.15) is 0 Å². The summed E-state index contributed by atoms with van der Waals surface area (Å²) in [5, 5.41) is 3.27. The highest BCUT2D eigenvalue weighted by atomic mass is 32.1. The first-order valence-electron chi connectivity index (χ1n) is 6.13. The average Bonchev–Trinajstić information content (AvgIpc) is 2.59. The lowest BCUT2D eigenvalue weighted by molar-refractivity contribution is 0.176. The third-order valence-corrected chi connectivity index (χ3v) is 3.64. The molecule has 98 valence electrons. The fourth-order valence-corrected chi connectivity index (χ4v) is 2.60. The molecular formula is C13H25N3S. The summed E-state index contributed by atoms with van der Waals surface area (Å²) in [4.78, 5) is 6.82. The molecule has 1 rings (SSSR count). The lowest BCUT2D eigenvalue weighted by Gasteiger charge is -2.32. The highest BCUT2D eigenvalue weighted by Gasteiger charge is 2.21. The van der Waals surface area contributed by atoms with Gasteiger partial charge in [-0.25, -0.2) is 4.98 Å². The molecule has 1 heterocycles. The summed E-state index contributed by atoms with van der Waals surface area (Å²) in [7, 11) is 2.14. The van der Waals surface area contributed by atoms with E-state index in [1.54, 1.807) is 11.3 Å². The van der Waals surface area contributed by atoms with Crippen LogP contribution in [0.5, 0.6) is 0 Å². The summed E-state index contributed by atoms with van der Waals surface area (Å²) in [5.74, 6) is 0. The molecule has 0 aliphatic rings. The average molecular weight is 255 g/mol. The van der Waals surface area contributed by atoms with Crippen LogP contribution in [0.25, 0.3) is 0 Å². The molecule has 1 aromatic rings. The lowest BCUT2D eigenvalue weighted by Crippen LogP contribution is -2.40. The van der Waals surface area contributed by atoms with E-state index in [1.165, 1.54) is 0 Å². The molecule has 3 nitrogen and oxygen atoms in total. The van der Waals surface area contributed by atoms with Crippen LogP contribution in [0.15, 0.2) is 5.38 Å². The maximum absolute atomic E-state index is 5.88. The Kier molecular flexibility index (Phi) is 5.10. The second-order valence-electron chi connectivity index (χ2n) is 5.93. The summed E-state index contributed by atoms with van der Waals surface area (Å²) in [6, 6.07) is 0.428. The standard InChI is InChI=1S/C13H25N3S/c1-10-15-11(9-17-10)8-16(5)12(7-14)6-13(2,3)4/h9,12H,6-8,14H2,1-5H3. The Balaban J connectivity index is 2.57. The van der Waals surface area contributed by atoms with Gasteiger partial charge in [-0.15, -0.1) is 11.3 Å². The number of aromatic nitrogens is 1. The molecule has 1 unspecified atom stereocenters. The van der Waals surface area contributed by atoms with Crippen LogP contribution in [0.2, 0.25) is 0 Å². The predicted molar refractivity (Wildman–Crippen MR) is 75.2 cm³/mol. The van der Waals surface area contributed by atoms with Crippen LogP contribution in [0.3, 0.4) is 0 Å². The van der Waals surface area contributed by atoms with Gasteiger partial charge in [-0.1, -0.05) is 20.8 Å². The predicted octanol–water partition coefficient (Wildman–Crippen LogP) is 2.65. The number of hydrogen-bond acceptors (Lipinski definition) is 4. The van der Waals surface area contributed by atoms with Gasteiger partial charge in [-0.05, 0) is 25.8 Å². The molecule has 4 heteroatoms. The van der Waals surface area contributed by atoms with E-state index in [4.69, 9.17) is 5.73 Å². The van der Waals surface area contributed by atoms with Crippen molar-refractivity contribution in [3.05, 3.63) is 16.1 Å². The molecule has 0 fully saturated rings. The maximum atomic E-state index is 5.88. The molecule has 0 amide bonds. The van der Waals surface area contributed by atoms with Crippen LogP contribution >= 0.6 is 11.3 Å². The highest BCUT2D eigenvalue weighted by Crippen LogP contribution is 2.23. The first kappa shape index (κ1) is 14.6. The van der Waals surface area contributed by atoms with Crippen molar-refractivity contribution in [1.82, 2.24) is 9.88 Å². The van der Waals surface area contributed by atoms with Crippen molar-refractivity contribution < 1.29 is 0 Å². The third-order valence-electron chi connectivity index (χ3n) is 2.82. The second kappa shape index (κ2) is 5.94. The molecule has 0 aliphatic carbocycles. The lowest BCUT2D eigenvalue weighted by atomic mass is 9.87. The molecule has 0 spiro atoms. The van der Waals surface area contributed by atoms with Gasteiger partial charge in [0.15, 0.2) is 0 Å². The molecular weight excluding hydrogens is 230 g/mol. The van der Waals surface area contributed by atoms with E-state index in [0.717, 1.165) is 23.7 Å². The SMILES string of the molecule is Cc1nc(CN(C)C(CN)CC(C)(C)C)cs1. The quantitative estimate of drug-likeness (QED) is 0.879. The van der Waals surface area contributed by atoms with E-state index in [2.05, 4.69) is 43.1 Å². The van der Waals surface area contributed by atoms with Crippen LogP contribution in [0, 0.1) is 12.3 Å². The molecule has 0 radical (unpaired) electrons. The van der Waals surface area contributed by atoms with Crippen molar-refractivity contribution >= 4 is 11.3 Å². The number of nitrogens with zero attached hydrogens (tertiary/aromatic N) is 2. The van der Waals surface area contributed by atoms with Crippen molar-refractivity contribution in [2.24, 2.45) is 11.1 Å². The van der Waals surface area contributed by atoms with E-state index >= 15 is 0 Å². The topological polar surface area (TPSA) is 42.2 Å². The van der Waals surface area contributed by atoms with Gasteiger partial charge in [-0.2, -0.15) is 0 Å². The van der Waals surface area contributed by atoms with Crippen LogP contribution < -0.4 is 5.73 Å². The smallest absolute Gasteiger partial charge is 0.0897 e. The van der Waals surface area contributed by atoms with Gasteiger partial charge in [0.05, 0.1) is 10.7 Å². The largest absolute Gasteiger partial charge is 0.329 e. The van der Waals surface area contributed by atoms with Gasteiger partial charge in [0.25, 0.3) is 0 Å². The minimum absolute atomic E-state index is 0.316. The summed E-state index contributed by atoms with van der Waals surface area (Å²) >= 11 is 1.71. The number of likely N-dealkylation sites (N-methyl/N-ethyl adjacent to an activating group) is 1. The fourth-order valence-electron chi connectivity index (χ4n) is 1.99. The Hall–Kier alpha value is -0.450. The van der Waals surface area contributed by atoms with E-state index in [1.807, 2.05) is 6.92 Å². The molecule has 2 N–H and O–H groups in total. The molecule has 0 bridgehead atoms. The van der Waals surface area contributed by atoms with Crippen molar-refractivity contribution in [3.8, 4) is 0 Å². The van der Waals surface area contributed by atoms with Crippen molar-refractivity contribution in [2.75, 3.05) is 13.6 Å². The number of aryl methyl sites for hydroxylation is 1. The Morgan fingerprint density at radius 3 is 2.53 bits per heavy atom. The van der Waals surface area contributed by atoms with Gasteiger partial charge < -0.3 is 5.73 Å². The fraction of sp³-hybridized carbons (Fsp3) is 0.769. The molecule has 1 aromatic heterocycles. The maximum Gasteiger partial charge on any atom is 0.0897 e. The zero-order valence-electron chi connectivity index (χ0n) is 11.7. The van der Waals surface area contributed by atoms with E-state index in [0.29, 0.717) is 18.0 Å². The summed E-state index contributed by atoms with van der Waals surface area (Å²) < 4.78 is 0. The summed E-state index contributed by atoms with van der Waals surface area (Å²) in [5.41, 5.74) is 7.35. The molecule has 0 saturated carbocycles. The van der Waals surface area contributed by atoms with Crippen LogP contribution in [-0.2, 0) is 6.54 Å². The minimum Gasteiger partial charge on any atom is -0.329 e. The Bertz CT molecular complexity index is 341. The van der Waals surface area contributed by atoms with E-state index in [9.17, 15) is 0 Å². The van der Waals surface area contributed by atoms with Gasteiger partial charge in [0.2, 0.25) is 0 Å². The van der Waals surface area contributed by atoms with Gasteiger partial charge >= 0.3 is 0 Å². The Morgan fingerprint density at radius 2 is 2.12 bits per heavy atom. The first-order chi connectivity index (χ1) is 7.81. The van der Waals surface area contributed by atoms with Crippen LogP contribution in [0.1, 0.15) is 37.9 Å². The Morgan fingerprint density at radius 1 is 1.47 bits per heavy atom. The van der Waals surface area contributed by atoms with Crippen LogP contribution in [-0.4, -0.2) is 29.5 Å². The number of thiazole rings is 1. The van der Waals surface area contributed by atoms with Gasteiger partial charge in [-0.3, -0.25) is 4.90 Å². The monoisotopic (exact) mass is 255 g/mol.